The maximum absolute atomic E-state index is 12.7. The van der Waals surface area contributed by atoms with E-state index in [1.54, 1.807) is 24.0 Å². The number of carbonyl (C=O) groups is 1. The summed E-state index contributed by atoms with van der Waals surface area (Å²) in [6.45, 7) is 0.763. The smallest absolute Gasteiger partial charge is 0.276 e. The predicted molar refractivity (Wildman–Crippen MR) is 82.0 cm³/mol. The van der Waals surface area contributed by atoms with Crippen molar-refractivity contribution in [3.63, 3.8) is 0 Å². The number of hydrogen-bond acceptors (Lipinski definition) is 2. The Morgan fingerprint density at radius 2 is 2.15 bits per heavy atom. The van der Waals surface area contributed by atoms with Crippen molar-refractivity contribution in [3.05, 3.63) is 46.2 Å². The Morgan fingerprint density at radius 3 is 2.90 bits per heavy atom. The van der Waals surface area contributed by atoms with Crippen LogP contribution in [0, 0.1) is 0 Å². The number of nitrogens with zero attached hydrogens (tertiary/aromatic N) is 3. The molecular weight excluding hydrogens is 318 g/mol. The zero-order valence-corrected chi connectivity index (χ0v) is 12.9. The molecule has 0 atom stereocenters. The third-order valence-electron chi connectivity index (χ3n) is 3.70. The molecular formula is C15H16BrN3O. The molecule has 0 bridgehead atoms. The highest BCUT2D eigenvalue weighted by atomic mass is 79.9. The van der Waals surface area contributed by atoms with Gasteiger partial charge in [-0.1, -0.05) is 15.9 Å². The highest BCUT2D eigenvalue weighted by Crippen LogP contribution is 2.30. The Morgan fingerprint density at radius 1 is 1.30 bits per heavy atom. The molecule has 1 aromatic carbocycles. The third-order valence-corrected chi connectivity index (χ3v) is 4.19. The van der Waals surface area contributed by atoms with Gasteiger partial charge in [-0.05, 0) is 49.1 Å². The molecule has 20 heavy (non-hydrogen) atoms. The number of fused-ring (bicyclic) bond motifs is 1. The first kappa shape index (κ1) is 13.4. The van der Waals surface area contributed by atoms with Crippen molar-refractivity contribution in [1.29, 1.82) is 0 Å². The fourth-order valence-corrected chi connectivity index (χ4v) is 3.06. The normalized spacial score (nSPS) is 14.8. The molecule has 1 aliphatic heterocycles. The van der Waals surface area contributed by atoms with E-state index in [4.69, 9.17) is 0 Å². The van der Waals surface area contributed by atoms with E-state index in [1.807, 2.05) is 17.0 Å². The second-order valence-electron chi connectivity index (χ2n) is 5.03. The van der Waals surface area contributed by atoms with Crippen molar-refractivity contribution in [1.82, 2.24) is 9.78 Å². The summed E-state index contributed by atoms with van der Waals surface area (Å²) in [5.74, 6) is 0.0236. The van der Waals surface area contributed by atoms with Crippen molar-refractivity contribution in [2.75, 3.05) is 11.4 Å². The fraction of sp³-hybridized carbons (Fsp3) is 0.333. The summed E-state index contributed by atoms with van der Waals surface area (Å²) in [6, 6.07) is 7.91. The summed E-state index contributed by atoms with van der Waals surface area (Å²) in [5.41, 5.74) is 2.88. The van der Waals surface area contributed by atoms with Crippen molar-refractivity contribution in [2.24, 2.45) is 7.05 Å². The summed E-state index contributed by atoms with van der Waals surface area (Å²) >= 11 is 3.51. The summed E-state index contributed by atoms with van der Waals surface area (Å²) < 4.78 is 2.69. The first-order chi connectivity index (χ1) is 9.66. The van der Waals surface area contributed by atoms with Crippen LogP contribution in [0.25, 0.3) is 0 Å². The molecule has 3 rings (SSSR count). The lowest BCUT2D eigenvalue weighted by molar-refractivity contribution is 0.0978. The molecule has 0 fully saturated rings. The zero-order chi connectivity index (χ0) is 14.1. The fourth-order valence-electron chi connectivity index (χ4n) is 2.66. The highest BCUT2D eigenvalue weighted by Gasteiger charge is 2.24. The van der Waals surface area contributed by atoms with E-state index in [9.17, 15) is 4.79 Å². The summed E-state index contributed by atoms with van der Waals surface area (Å²) in [5, 5.41) is 4.09. The van der Waals surface area contributed by atoms with E-state index in [2.05, 4.69) is 27.1 Å². The molecule has 4 nitrogen and oxygen atoms in total. The minimum atomic E-state index is 0.0236. The number of benzene rings is 1. The van der Waals surface area contributed by atoms with E-state index >= 15 is 0 Å². The van der Waals surface area contributed by atoms with E-state index in [1.165, 1.54) is 5.56 Å². The molecule has 0 spiro atoms. The van der Waals surface area contributed by atoms with Gasteiger partial charge in [0, 0.05) is 29.9 Å². The van der Waals surface area contributed by atoms with Crippen LogP contribution in [0.15, 0.2) is 34.9 Å². The minimum Gasteiger partial charge on any atom is -0.307 e. The second kappa shape index (κ2) is 5.40. The van der Waals surface area contributed by atoms with Crippen molar-refractivity contribution in [3.8, 4) is 0 Å². The van der Waals surface area contributed by atoms with E-state index < -0.39 is 0 Å². The number of aryl methyl sites for hydroxylation is 2. The number of amides is 1. The van der Waals surface area contributed by atoms with Crippen LogP contribution in [0.3, 0.4) is 0 Å². The lowest BCUT2D eigenvalue weighted by atomic mass is 10.1. The Kier molecular flexibility index (Phi) is 3.61. The number of aromatic nitrogens is 2. The predicted octanol–water partition coefficient (Wildman–Crippen LogP) is 3.17. The molecule has 5 heteroatoms. The Hall–Kier alpha value is -1.62. The van der Waals surface area contributed by atoms with Gasteiger partial charge in [-0.3, -0.25) is 9.48 Å². The molecule has 1 aliphatic rings. The van der Waals surface area contributed by atoms with Crippen molar-refractivity contribution >= 4 is 27.5 Å². The SMILES string of the molecule is Cn1nccc1C(=O)N1CCCCc2cc(Br)ccc21. The Balaban J connectivity index is 2.02. The van der Waals surface area contributed by atoms with Gasteiger partial charge in [0.05, 0.1) is 0 Å². The van der Waals surface area contributed by atoms with Gasteiger partial charge in [-0.15, -0.1) is 0 Å². The molecule has 0 unspecified atom stereocenters. The maximum atomic E-state index is 12.7. The molecule has 2 aromatic rings. The lowest BCUT2D eigenvalue weighted by Crippen LogP contribution is -2.33. The minimum absolute atomic E-state index is 0.0236. The monoisotopic (exact) mass is 333 g/mol. The Labute approximate surface area is 126 Å². The molecule has 1 aromatic heterocycles. The quantitative estimate of drug-likeness (QED) is 0.803. The van der Waals surface area contributed by atoms with E-state index in [0.717, 1.165) is 36.0 Å². The van der Waals surface area contributed by atoms with Gasteiger partial charge in [0.1, 0.15) is 5.69 Å². The first-order valence-electron chi connectivity index (χ1n) is 6.75. The van der Waals surface area contributed by atoms with Crippen LogP contribution in [0.5, 0.6) is 0 Å². The molecule has 0 radical (unpaired) electrons. The molecule has 0 saturated heterocycles. The molecule has 0 aliphatic carbocycles. The van der Waals surface area contributed by atoms with Gasteiger partial charge in [0.25, 0.3) is 5.91 Å². The average Bonchev–Trinajstić information content (AvgIpc) is 2.74. The number of hydrogen-bond donors (Lipinski definition) is 0. The number of halogens is 1. The second-order valence-corrected chi connectivity index (χ2v) is 5.94. The van der Waals surface area contributed by atoms with Gasteiger partial charge >= 0.3 is 0 Å². The lowest BCUT2D eigenvalue weighted by Gasteiger charge is -2.23. The molecule has 2 heterocycles. The van der Waals surface area contributed by atoms with Crippen LogP contribution in [0.2, 0.25) is 0 Å². The van der Waals surface area contributed by atoms with Gasteiger partial charge < -0.3 is 4.90 Å². The molecule has 0 N–H and O–H groups in total. The van der Waals surface area contributed by atoms with Crippen LogP contribution in [-0.2, 0) is 13.5 Å². The summed E-state index contributed by atoms with van der Waals surface area (Å²) in [4.78, 5) is 14.6. The maximum Gasteiger partial charge on any atom is 0.276 e. The molecule has 1 amide bonds. The van der Waals surface area contributed by atoms with E-state index in [0.29, 0.717) is 5.69 Å². The number of carbonyl (C=O) groups excluding carboxylic acids is 1. The third kappa shape index (κ3) is 2.38. The average molecular weight is 334 g/mol. The zero-order valence-electron chi connectivity index (χ0n) is 11.3. The van der Waals surface area contributed by atoms with Gasteiger partial charge in [-0.2, -0.15) is 5.10 Å². The largest absolute Gasteiger partial charge is 0.307 e. The number of anilines is 1. The van der Waals surface area contributed by atoms with Crippen LogP contribution in [-0.4, -0.2) is 22.2 Å². The van der Waals surface area contributed by atoms with Crippen LogP contribution >= 0.6 is 15.9 Å². The Bertz CT molecular complexity index is 650. The van der Waals surface area contributed by atoms with Crippen LogP contribution in [0.1, 0.15) is 28.9 Å². The highest BCUT2D eigenvalue weighted by molar-refractivity contribution is 9.10. The number of rotatable bonds is 1. The molecule has 0 saturated carbocycles. The van der Waals surface area contributed by atoms with Crippen LogP contribution < -0.4 is 4.90 Å². The van der Waals surface area contributed by atoms with Gasteiger partial charge in [-0.25, -0.2) is 0 Å². The van der Waals surface area contributed by atoms with Gasteiger partial charge in [0.2, 0.25) is 0 Å². The summed E-state index contributed by atoms with van der Waals surface area (Å²) in [6.07, 6.45) is 4.81. The van der Waals surface area contributed by atoms with Crippen molar-refractivity contribution in [2.45, 2.75) is 19.3 Å². The van der Waals surface area contributed by atoms with Gasteiger partial charge in [0.15, 0.2) is 0 Å². The molecule has 104 valence electrons. The van der Waals surface area contributed by atoms with Crippen LogP contribution in [0.4, 0.5) is 5.69 Å². The van der Waals surface area contributed by atoms with E-state index in [-0.39, 0.29) is 5.91 Å². The summed E-state index contributed by atoms with van der Waals surface area (Å²) in [7, 11) is 1.80. The first-order valence-corrected chi connectivity index (χ1v) is 7.54. The standard InChI is InChI=1S/C15H16BrN3O/c1-18-14(7-8-17-18)15(20)19-9-3-2-4-11-10-12(16)5-6-13(11)19/h5-8,10H,2-4,9H2,1H3. The topological polar surface area (TPSA) is 38.1 Å². The van der Waals surface area contributed by atoms with Crippen molar-refractivity contribution < 1.29 is 4.79 Å².